The van der Waals surface area contributed by atoms with Gasteiger partial charge in [0.15, 0.2) is 5.82 Å². The first-order valence-corrected chi connectivity index (χ1v) is 10.0. The lowest BCUT2D eigenvalue weighted by molar-refractivity contribution is 0.121. The molecule has 4 aromatic rings. The SMILES string of the molecule is CCOCc1nc2c(N)nc3ccccc3c2n1CCOCC#Cc1ccccc1. The first-order valence-electron chi connectivity index (χ1n) is 10.0. The maximum absolute atomic E-state index is 6.21. The Hall–Kier alpha value is -3.40. The Morgan fingerprint density at radius 3 is 2.63 bits per heavy atom. The molecule has 0 aliphatic carbocycles. The van der Waals surface area contributed by atoms with Crippen molar-refractivity contribution in [1.82, 2.24) is 14.5 Å². The number of ether oxygens (including phenoxy) is 2. The summed E-state index contributed by atoms with van der Waals surface area (Å²) in [4.78, 5) is 9.22. The Kier molecular flexibility index (Phi) is 6.23. The Balaban J connectivity index is 1.56. The molecule has 4 rings (SSSR count). The van der Waals surface area contributed by atoms with Gasteiger partial charge in [-0.2, -0.15) is 0 Å². The molecule has 0 radical (unpaired) electrons. The third-order valence-corrected chi connectivity index (χ3v) is 4.76. The number of hydrogen-bond donors (Lipinski definition) is 1. The smallest absolute Gasteiger partial charge is 0.152 e. The van der Waals surface area contributed by atoms with E-state index in [1.54, 1.807) is 0 Å². The Labute approximate surface area is 175 Å². The molecule has 2 aromatic heterocycles. The topological polar surface area (TPSA) is 75.2 Å². The summed E-state index contributed by atoms with van der Waals surface area (Å²) in [6, 6.07) is 17.8. The highest BCUT2D eigenvalue weighted by atomic mass is 16.5. The minimum Gasteiger partial charge on any atom is -0.382 e. The summed E-state index contributed by atoms with van der Waals surface area (Å²) < 4.78 is 13.5. The van der Waals surface area contributed by atoms with Crippen molar-refractivity contribution < 1.29 is 9.47 Å². The standard InChI is InChI=1S/C24H24N4O2/c1-2-29-17-21-27-22-23(19-12-6-7-13-20(19)26-24(22)25)28(21)14-16-30-15-8-11-18-9-4-3-5-10-18/h3-7,9-10,12-13H,2,14-17H2,1H3,(H2,25,26). The predicted molar refractivity (Wildman–Crippen MR) is 119 cm³/mol. The molecule has 0 fully saturated rings. The van der Waals surface area contributed by atoms with Crippen LogP contribution in [0.25, 0.3) is 21.9 Å². The molecule has 30 heavy (non-hydrogen) atoms. The van der Waals surface area contributed by atoms with Crippen LogP contribution in [-0.4, -0.2) is 34.4 Å². The fourth-order valence-electron chi connectivity index (χ4n) is 3.39. The van der Waals surface area contributed by atoms with Gasteiger partial charge in [0.05, 0.1) is 17.6 Å². The van der Waals surface area contributed by atoms with E-state index in [1.807, 2.05) is 61.5 Å². The van der Waals surface area contributed by atoms with Crippen LogP contribution in [0, 0.1) is 11.8 Å². The second-order valence-electron chi connectivity index (χ2n) is 6.75. The largest absolute Gasteiger partial charge is 0.382 e. The zero-order valence-electron chi connectivity index (χ0n) is 17.0. The van der Waals surface area contributed by atoms with Gasteiger partial charge in [-0.25, -0.2) is 9.97 Å². The monoisotopic (exact) mass is 400 g/mol. The van der Waals surface area contributed by atoms with Crippen molar-refractivity contribution in [2.75, 3.05) is 25.6 Å². The number of benzene rings is 2. The summed E-state index contributed by atoms with van der Waals surface area (Å²) >= 11 is 0. The summed E-state index contributed by atoms with van der Waals surface area (Å²) in [5.41, 5.74) is 9.70. The van der Waals surface area contributed by atoms with Gasteiger partial charge >= 0.3 is 0 Å². The number of hydrogen-bond acceptors (Lipinski definition) is 5. The van der Waals surface area contributed by atoms with Crippen molar-refractivity contribution >= 4 is 27.8 Å². The van der Waals surface area contributed by atoms with Crippen LogP contribution in [0.5, 0.6) is 0 Å². The van der Waals surface area contributed by atoms with Crippen LogP contribution in [0.4, 0.5) is 5.82 Å². The zero-order valence-corrected chi connectivity index (χ0v) is 17.0. The second kappa shape index (κ2) is 9.40. The summed E-state index contributed by atoms with van der Waals surface area (Å²) in [7, 11) is 0. The van der Waals surface area contributed by atoms with Gasteiger partial charge in [-0.1, -0.05) is 48.2 Å². The molecule has 0 bridgehead atoms. The molecular formula is C24H24N4O2. The van der Waals surface area contributed by atoms with Crippen molar-refractivity contribution in [3.8, 4) is 11.8 Å². The van der Waals surface area contributed by atoms with Gasteiger partial charge in [0.25, 0.3) is 0 Å². The van der Waals surface area contributed by atoms with Crippen molar-refractivity contribution in [3.05, 3.63) is 66.0 Å². The fraction of sp³-hybridized carbons (Fsp3) is 0.250. The van der Waals surface area contributed by atoms with E-state index in [-0.39, 0.29) is 0 Å². The number of anilines is 1. The van der Waals surface area contributed by atoms with E-state index in [4.69, 9.17) is 20.2 Å². The fourth-order valence-corrected chi connectivity index (χ4v) is 3.39. The zero-order chi connectivity index (χ0) is 20.8. The molecule has 0 spiro atoms. The molecule has 6 heteroatoms. The van der Waals surface area contributed by atoms with E-state index in [0.29, 0.717) is 44.3 Å². The molecular weight excluding hydrogens is 376 g/mol. The van der Waals surface area contributed by atoms with Crippen molar-refractivity contribution in [2.45, 2.75) is 20.1 Å². The molecule has 2 N–H and O–H groups in total. The third-order valence-electron chi connectivity index (χ3n) is 4.76. The number of rotatable bonds is 7. The molecule has 2 heterocycles. The molecule has 0 saturated heterocycles. The number of nitrogens with zero attached hydrogens (tertiary/aromatic N) is 3. The lowest BCUT2D eigenvalue weighted by atomic mass is 10.2. The third kappa shape index (κ3) is 4.28. The van der Waals surface area contributed by atoms with E-state index in [0.717, 1.165) is 27.8 Å². The Morgan fingerprint density at radius 1 is 1.00 bits per heavy atom. The highest BCUT2D eigenvalue weighted by molar-refractivity contribution is 6.06. The molecule has 6 nitrogen and oxygen atoms in total. The predicted octanol–water partition coefficient (Wildman–Crippen LogP) is 3.77. The van der Waals surface area contributed by atoms with Gasteiger partial charge in [0.2, 0.25) is 0 Å². The number of fused-ring (bicyclic) bond motifs is 3. The highest BCUT2D eigenvalue weighted by Crippen LogP contribution is 2.29. The average Bonchev–Trinajstić information content (AvgIpc) is 3.15. The first kappa shape index (κ1) is 19.9. The second-order valence-corrected chi connectivity index (χ2v) is 6.75. The maximum atomic E-state index is 6.21. The quantitative estimate of drug-likeness (QED) is 0.378. The molecule has 0 aliphatic heterocycles. The van der Waals surface area contributed by atoms with Crippen LogP contribution in [-0.2, 0) is 22.6 Å². The van der Waals surface area contributed by atoms with Gasteiger partial charge in [-0.3, -0.25) is 0 Å². The van der Waals surface area contributed by atoms with Gasteiger partial charge in [0, 0.05) is 24.1 Å². The number of imidazole rings is 1. The van der Waals surface area contributed by atoms with Crippen LogP contribution in [0.2, 0.25) is 0 Å². The van der Waals surface area contributed by atoms with Crippen molar-refractivity contribution in [2.24, 2.45) is 0 Å². The summed E-state index contributed by atoms with van der Waals surface area (Å²) in [6.45, 7) is 4.49. The number of nitrogens with two attached hydrogens (primary N) is 1. The molecule has 0 unspecified atom stereocenters. The number of para-hydroxylation sites is 1. The van der Waals surface area contributed by atoms with Crippen molar-refractivity contribution in [1.29, 1.82) is 0 Å². The van der Waals surface area contributed by atoms with Gasteiger partial charge in [0.1, 0.15) is 24.6 Å². The van der Waals surface area contributed by atoms with Crippen LogP contribution < -0.4 is 5.73 Å². The van der Waals surface area contributed by atoms with Crippen LogP contribution >= 0.6 is 0 Å². The minimum absolute atomic E-state index is 0.368. The van der Waals surface area contributed by atoms with E-state index in [2.05, 4.69) is 21.4 Å². The Morgan fingerprint density at radius 2 is 1.80 bits per heavy atom. The van der Waals surface area contributed by atoms with Crippen LogP contribution in [0.15, 0.2) is 54.6 Å². The van der Waals surface area contributed by atoms with Crippen molar-refractivity contribution in [3.63, 3.8) is 0 Å². The number of pyridine rings is 1. The maximum Gasteiger partial charge on any atom is 0.152 e. The highest BCUT2D eigenvalue weighted by Gasteiger charge is 2.17. The lowest BCUT2D eigenvalue weighted by Crippen LogP contribution is -2.11. The lowest BCUT2D eigenvalue weighted by Gasteiger charge is -2.10. The molecule has 0 amide bonds. The normalized spacial score (nSPS) is 11.0. The minimum atomic E-state index is 0.368. The number of aromatic nitrogens is 3. The van der Waals surface area contributed by atoms with E-state index < -0.39 is 0 Å². The van der Waals surface area contributed by atoms with Crippen LogP contribution in [0.1, 0.15) is 18.3 Å². The van der Waals surface area contributed by atoms with E-state index >= 15 is 0 Å². The molecule has 152 valence electrons. The molecule has 0 atom stereocenters. The van der Waals surface area contributed by atoms with E-state index in [1.165, 1.54) is 0 Å². The summed E-state index contributed by atoms with van der Waals surface area (Å²) in [5, 5.41) is 1.01. The van der Waals surface area contributed by atoms with Gasteiger partial charge in [-0.05, 0) is 25.1 Å². The molecule has 0 saturated carbocycles. The van der Waals surface area contributed by atoms with Gasteiger partial charge in [-0.15, -0.1) is 0 Å². The van der Waals surface area contributed by atoms with Gasteiger partial charge < -0.3 is 19.8 Å². The van der Waals surface area contributed by atoms with Crippen LogP contribution in [0.3, 0.4) is 0 Å². The average molecular weight is 400 g/mol. The Bertz CT molecular complexity index is 1210. The molecule has 2 aromatic carbocycles. The summed E-state index contributed by atoms with van der Waals surface area (Å²) in [5.74, 6) is 7.40. The summed E-state index contributed by atoms with van der Waals surface area (Å²) in [6.07, 6.45) is 0. The first-order chi connectivity index (χ1) is 14.8. The molecule has 0 aliphatic rings. The number of nitrogen functional groups attached to an aromatic ring is 1. The van der Waals surface area contributed by atoms with E-state index in [9.17, 15) is 0 Å².